The number of fused-ring (bicyclic) bond motifs is 5. The molecule has 0 atom stereocenters. The Balaban J connectivity index is 1.82. The standard InChI is InChI=1S/C25H18O4/c1-13-6-4-9-18-17(13)10-11-19-21(18)23(27)22(26)20-14(2)24(29-25(19)20)15-7-5-8-16(12-15)28-3/h4-12H,1-3H3. The van der Waals surface area contributed by atoms with Crippen LogP contribution in [0.5, 0.6) is 5.75 Å². The molecule has 4 nitrogen and oxygen atoms in total. The van der Waals surface area contributed by atoms with Gasteiger partial charge in [0, 0.05) is 22.3 Å². The Morgan fingerprint density at radius 2 is 1.55 bits per heavy atom. The number of hydrogen-bond donors (Lipinski definition) is 0. The highest BCUT2D eigenvalue weighted by Crippen LogP contribution is 2.44. The number of aryl methyl sites for hydroxylation is 1. The maximum Gasteiger partial charge on any atom is 0.237 e. The van der Waals surface area contributed by atoms with Crippen molar-refractivity contribution >= 4 is 22.3 Å². The second-order valence-corrected chi connectivity index (χ2v) is 7.31. The lowest BCUT2D eigenvalue weighted by atomic mass is 9.83. The second-order valence-electron chi connectivity index (χ2n) is 7.31. The average molecular weight is 382 g/mol. The molecule has 4 aromatic rings. The molecule has 0 saturated heterocycles. The van der Waals surface area contributed by atoms with Crippen molar-refractivity contribution in [1.29, 1.82) is 0 Å². The maximum atomic E-state index is 13.1. The summed E-state index contributed by atoms with van der Waals surface area (Å²) in [6.45, 7) is 3.81. The lowest BCUT2D eigenvalue weighted by Crippen LogP contribution is -2.21. The van der Waals surface area contributed by atoms with Gasteiger partial charge in [0.2, 0.25) is 11.6 Å². The zero-order chi connectivity index (χ0) is 20.3. The van der Waals surface area contributed by atoms with E-state index in [2.05, 4.69) is 0 Å². The minimum Gasteiger partial charge on any atom is -0.497 e. The van der Waals surface area contributed by atoms with Crippen LogP contribution in [0.1, 0.15) is 31.8 Å². The van der Waals surface area contributed by atoms with Crippen molar-refractivity contribution in [2.75, 3.05) is 7.11 Å². The van der Waals surface area contributed by atoms with Gasteiger partial charge in [-0.3, -0.25) is 9.59 Å². The van der Waals surface area contributed by atoms with Gasteiger partial charge >= 0.3 is 0 Å². The van der Waals surface area contributed by atoms with E-state index in [1.54, 1.807) is 7.11 Å². The fraction of sp³-hybridized carbons (Fsp3) is 0.120. The molecule has 0 radical (unpaired) electrons. The number of furan rings is 1. The molecule has 3 aromatic carbocycles. The van der Waals surface area contributed by atoms with Gasteiger partial charge in [0.15, 0.2) is 0 Å². The van der Waals surface area contributed by atoms with Crippen LogP contribution in [0.3, 0.4) is 0 Å². The second kappa shape index (κ2) is 6.17. The van der Waals surface area contributed by atoms with Gasteiger partial charge in [0.25, 0.3) is 0 Å². The van der Waals surface area contributed by atoms with Crippen LogP contribution >= 0.6 is 0 Å². The van der Waals surface area contributed by atoms with Gasteiger partial charge in [-0.25, -0.2) is 0 Å². The summed E-state index contributed by atoms with van der Waals surface area (Å²) >= 11 is 0. The van der Waals surface area contributed by atoms with E-state index in [0.29, 0.717) is 39.5 Å². The molecule has 0 unspecified atom stereocenters. The maximum absolute atomic E-state index is 13.1. The first-order valence-corrected chi connectivity index (χ1v) is 9.40. The third-order valence-corrected chi connectivity index (χ3v) is 5.66. The number of Topliss-reactive ketones (excluding diaryl/α,β-unsaturated/α-hetero) is 2. The predicted octanol–water partition coefficient (Wildman–Crippen LogP) is 5.77. The van der Waals surface area contributed by atoms with Crippen LogP contribution in [0.25, 0.3) is 33.4 Å². The SMILES string of the molecule is COc1cccc(-c2oc3c(c2C)C(=O)C(=O)c2c-3ccc3c(C)cccc23)c1. The summed E-state index contributed by atoms with van der Waals surface area (Å²) in [5, 5.41) is 1.75. The molecule has 0 bridgehead atoms. The minimum atomic E-state index is -0.517. The van der Waals surface area contributed by atoms with Crippen molar-refractivity contribution < 1.29 is 18.7 Å². The molecule has 1 aromatic heterocycles. The molecule has 0 saturated carbocycles. The van der Waals surface area contributed by atoms with Crippen LogP contribution in [0, 0.1) is 13.8 Å². The van der Waals surface area contributed by atoms with E-state index in [1.165, 1.54) is 0 Å². The Bertz CT molecular complexity index is 1340. The average Bonchev–Trinajstić information content (AvgIpc) is 3.09. The monoisotopic (exact) mass is 382 g/mol. The van der Waals surface area contributed by atoms with Gasteiger partial charge in [-0.1, -0.05) is 36.4 Å². The first kappa shape index (κ1) is 17.4. The van der Waals surface area contributed by atoms with Gasteiger partial charge in [-0.2, -0.15) is 0 Å². The highest BCUT2D eigenvalue weighted by Gasteiger charge is 2.37. The molecule has 5 rings (SSSR count). The summed E-state index contributed by atoms with van der Waals surface area (Å²) in [5.41, 5.74) is 3.97. The summed E-state index contributed by atoms with van der Waals surface area (Å²) in [4.78, 5) is 26.2. The summed E-state index contributed by atoms with van der Waals surface area (Å²) in [6, 6.07) is 17.1. The molecule has 1 aliphatic carbocycles. The lowest BCUT2D eigenvalue weighted by molar-refractivity contribution is 0.0815. The first-order chi connectivity index (χ1) is 14.0. The minimum absolute atomic E-state index is 0.354. The van der Waals surface area contributed by atoms with Crippen molar-refractivity contribution in [2.24, 2.45) is 0 Å². The molecule has 4 heteroatoms. The van der Waals surface area contributed by atoms with E-state index >= 15 is 0 Å². The van der Waals surface area contributed by atoms with Gasteiger partial charge < -0.3 is 9.15 Å². The summed E-state index contributed by atoms with van der Waals surface area (Å²) in [6.07, 6.45) is 0. The normalized spacial score (nSPS) is 12.8. The van der Waals surface area contributed by atoms with Crippen LogP contribution < -0.4 is 4.74 Å². The number of rotatable bonds is 2. The fourth-order valence-electron chi connectivity index (χ4n) is 4.19. The van der Waals surface area contributed by atoms with Gasteiger partial charge in [0.1, 0.15) is 17.3 Å². The van der Waals surface area contributed by atoms with E-state index in [0.717, 1.165) is 21.9 Å². The Kier molecular flexibility index (Phi) is 3.71. The molecule has 1 aliphatic rings. The largest absolute Gasteiger partial charge is 0.497 e. The summed E-state index contributed by atoms with van der Waals surface area (Å²) in [5.74, 6) is 0.734. The van der Waals surface area contributed by atoms with Crippen LogP contribution in [-0.4, -0.2) is 18.7 Å². The number of methoxy groups -OCH3 is 1. The topological polar surface area (TPSA) is 56.5 Å². The van der Waals surface area contributed by atoms with Crippen molar-refractivity contribution in [3.8, 4) is 28.4 Å². The molecular formula is C25H18O4. The molecule has 29 heavy (non-hydrogen) atoms. The Labute approximate surface area is 167 Å². The molecule has 0 spiro atoms. The lowest BCUT2D eigenvalue weighted by Gasteiger charge is -2.16. The van der Waals surface area contributed by atoms with E-state index in [9.17, 15) is 9.59 Å². The van der Waals surface area contributed by atoms with Crippen molar-refractivity contribution in [3.05, 3.63) is 76.9 Å². The van der Waals surface area contributed by atoms with E-state index in [-0.39, 0.29) is 0 Å². The number of ether oxygens (including phenoxy) is 1. The predicted molar refractivity (Wildman–Crippen MR) is 112 cm³/mol. The van der Waals surface area contributed by atoms with Crippen LogP contribution in [0.2, 0.25) is 0 Å². The third-order valence-electron chi connectivity index (χ3n) is 5.66. The molecule has 1 heterocycles. The fourth-order valence-corrected chi connectivity index (χ4v) is 4.19. The smallest absolute Gasteiger partial charge is 0.237 e. The van der Waals surface area contributed by atoms with E-state index in [1.807, 2.05) is 68.4 Å². The number of hydrogen-bond acceptors (Lipinski definition) is 4. The molecular weight excluding hydrogens is 364 g/mol. The summed E-state index contributed by atoms with van der Waals surface area (Å²) in [7, 11) is 1.60. The van der Waals surface area contributed by atoms with Gasteiger partial charge in [0.05, 0.1) is 12.7 Å². The molecule has 0 aliphatic heterocycles. The molecule has 0 N–H and O–H groups in total. The quantitative estimate of drug-likeness (QED) is 0.413. The van der Waals surface area contributed by atoms with Gasteiger partial charge in [-0.15, -0.1) is 0 Å². The van der Waals surface area contributed by atoms with Crippen molar-refractivity contribution in [2.45, 2.75) is 13.8 Å². The first-order valence-electron chi connectivity index (χ1n) is 9.40. The third kappa shape index (κ3) is 2.39. The zero-order valence-corrected chi connectivity index (χ0v) is 16.3. The highest BCUT2D eigenvalue weighted by molar-refractivity contribution is 6.54. The number of carbonyl (C=O) groups excluding carboxylic acids is 2. The summed E-state index contributed by atoms with van der Waals surface area (Å²) < 4.78 is 11.5. The molecule has 142 valence electrons. The zero-order valence-electron chi connectivity index (χ0n) is 16.3. The van der Waals surface area contributed by atoms with E-state index in [4.69, 9.17) is 9.15 Å². The Hall–Kier alpha value is -3.66. The molecule has 0 fully saturated rings. The van der Waals surface area contributed by atoms with E-state index < -0.39 is 11.6 Å². The molecule has 0 amide bonds. The van der Waals surface area contributed by atoms with Crippen LogP contribution in [0.4, 0.5) is 0 Å². The van der Waals surface area contributed by atoms with Crippen molar-refractivity contribution in [3.63, 3.8) is 0 Å². The Morgan fingerprint density at radius 3 is 2.34 bits per heavy atom. The van der Waals surface area contributed by atoms with Crippen molar-refractivity contribution in [1.82, 2.24) is 0 Å². The highest BCUT2D eigenvalue weighted by atomic mass is 16.5. The Morgan fingerprint density at radius 1 is 0.793 bits per heavy atom. The van der Waals surface area contributed by atoms with Gasteiger partial charge in [-0.05, 0) is 48.4 Å². The number of ketones is 2. The number of carbonyl (C=O) groups is 2. The van der Waals surface area contributed by atoms with Crippen LogP contribution in [-0.2, 0) is 0 Å². The number of benzene rings is 3. The van der Waals surface area contributed by atoms with Crippen LogP contribution in [0.15, 0.2) is 59.0 Å².